The van der Waals surface area contributed by atoms with Crippen LogP contribution in [0.3, 0.4) is 0 Å². The first-order valence-electron chi connectivity index (χ1n) is 10.5. The molecule has 0 saturated carbocycles. The first-order valence-corrected chi connectivity index (χ1v) is 11.3. The number of rotatable bonds is 9. The minimum absolute atomic E-state index is 0.0292. The quantitative estimate of drug-likeness (QED) is 0.231. The van der Waals surface area contributed by atoms with Crippen molar-refractivity contribution in [2.45, 2.75) is 36.5 Å². The van der Waals surface area contributed by atoms with Crippen molar-refractivity contribution in [1.82, 2.24) is 0 Å². The number of ether oxygens (including phenoxy) is 2. The van der Waals surface area contributed by atoms with Gasteiger partial charge in [-0.2, -0.15) is 43.9 Å². The van der Waals surface area contributed by atoms with Crippen molar-refractivity contribution in [3.63, 3.8) is 0 Å². The van der Waals surface area contributed by atoms with E-state index < -0.39 is 53.7 Å². The van der Waals surface area contributed by atoms with E-state index in [1.807, 2.05) is 0 Å². The zero-order valence-corrected chi connectivity index (χ0v) is 20.9. The molecule has 4 nitrogen and oxygen atoms in total. The Morgan fingerprint density at radius 1 is 0.659 bits per heavy atom. The highest BCUT2D eigenvalue weighted by Gasteiger charge is 2.80. The summed E-state index contributed by atoms with van der Waals surface area (Å²) in [6.45, 7) is 0. The van der Waals surface area contributed by atoms with Crippen LogP contribution >= 0.6 is 15.9 Å². The summed E-state index contributed by atoms with van der Waals surface area (Å²) in [5.41, 5.74) is -2.62. The van der Waals surface area contributed by atoms with Crippen molar-refractivity contribution < 1.29 is 71.3 Å². The number of halogens is 14. The van der Waals surface area contributed by atoms with Crippen LogP contribution in [0.15, 0.2) is 65.1 Å². The number of carbonyl (C=O) groups excluding carboxylic acids is 1. The molecule has 0 aliphatic rings. The second kappa shape index (κ2) is 10.6. The molecule has 18 heteroatoms. The molecule has 0 saturated heterocycles. The second-order valence-electron chi connectivity index (χ2n) is 8.02. The third-order valence-electron chi connectivity index (χ3n) is 5.19. The Labute approximate surface area is 228 Å². The smallest absolute Gasteiger partial charge is 0.322 e. The molecule has 41 heavy (non-hydrogen) atoms. The monoisotopic (exact) mass is 675 g/mol. The lowest BCUT2D eigenvalue weighted by Gasteiger charge is -2.35. The van der Waals surface area contributed by atoms with Crippen molar-refractivity contribution in [2.24, 2.45) is 0 Å². The van der Waals surface area contributed by atoms with E-state index in [0.717, 1.165) is 6.07 Å². The van der Waals surface area contributed by atoms with Gasteiger partial charge in [-0.25, -0.2) is 9.47 Å². The van der Waals surface area contributed by atoms with Gasteiger partial charge in [0.2, 0.25) is 0 Å². The highest BCUT2D eigenvalue weighted by atomic mass is 79.9. The second-order valence-corrected chi connectivity index (χ2v) is 8.88. The Kier molecular flexibility index (Phi) is 8.39. The Bertz CT molecular complexity index is 1440. The van der Waals surface area contributed by atoms with Crippen LogP contribution in [0.5, 0.6) is 0 Å². The minimum Gasteiger partial charge on any atom is -0.322 e. The van der Waals surface area contributed by atoms with Crippen LogP contribution in [0.4, 0.5) is 62.8 Å². The van der Waals surface area contributed by atoms with E-state index in [1.54, 1.807) is 22.9 Å². The van der Waals surface area contributed by atoms with Crippen LogP contribution in [0.25, 0.3) is 10.8 Å². The number of amides is 1. The van der Waals surface area contributed by atoms with Gasteiger partial charge in [-0.15, -0.1) is 13.2 Å². The molecule has 1 amide bonds. The summed E-state index contributed by atoms with van der Waals surface area (Å²) in [6, 6.07) is 10.8. The zero-order valence-electron chi connectivity index (χ0n) is 19.3. The number of nitrogens with one attached hydrogen (secondary N) is 1. The first kappa shape index (κ1) is 32.4. The summed E-state index contributed by atoms with van der Waals surface area (Å²) in [4.78, 5) is 12.8. The maximum atomic E-state index is 14.5. The molecule has 1 N–H and O–H groups in total. The lowest BCUT2D eigenvalue weighted by molar-refractivity contribution is -0.535. The zero-order chi connectivity index (χ0) is 31.2. The van der Waals surface area contributed by atoms with Gasteiger partial charge >= 0.3 is 36.5 Å². The molecule has 0 fully saturated rings. The molecule has 0 aliphatic carbocycles. The van der Waals surface area contributed by atoms with Gasteiger partial charge in [-0.05, 0) is 35.0 Å². The van der Waals surface area contributed by atoms with Gasteiger partial charge < -0.3 is 5.32 Å². The highest BCUT2D eigenvalue weighted by molar-refractivity contribution is 9.10. The fourth-order valence-corrected chi connectivity index (χ4v) is 3.79. The van der Waals surface area contributed by atoms with Crippen molar-refractivity contribution >= 4 is 38.3 Å². The maximum absolute atomic E-state index is 14.5. The van der Waals surface area contributed by atoms with Gasteiger partial charge in [0.15, 0.2) is 0 Å². The number of hydrogen-bond acceptors (Lipinski definition) is 3. The molecule has 0 spiro atoms. The molecule has 0 heterocycles. The van der Waals surface area contributed by atoms with Gasteiger partial charge in [0.05, 0.1) is 0 Å². The Morgan fingerprint density at radius 3 is 1.80 bits per heavy atom. The van der Waals surface area contributed by atoms with Crippen LogP contribution in [0.1, 0.15) is 15.9 Å². The Morgan fingerprint density at radius 2 is 1.20 bits per heavy atom. The van der Waals surface area contributed by atoms with Gasteiger partial charge in [-0.1, -0.05) is 52.3 Å². The highest BCUT2D eigenvalue weighted by Crippen LogP contribution is 2.54. The third-order valence-corrected chi connectivity index (χ3v) is 5.88. The van der Waals surface area contributed by atoms with Crippen molar-refractivity contribution in [2.75, 3.05) is 5.32 Å². The standard InChI is InChI=1S/C23H11BrF13NO3/c24-16-9-3-6-13-14(16)7-2-8-15(13)17(39)38-12-5-1-4-11(10-12)18(25,26)20(29,30)40-21(31,32)19(27,28)22(33,34)41-23(35,36)37/h1-10H,(H,38,39). The van der Waals surface area contributed by atoms with E-state index >= 15 is 0 Å². The Hall–Kier alpha value is -3.12. The first-order chi connectivity index (χ1) is 18.5. The summed E-state index contributed by atoms with van der Waals surface area (Å²) in [5, 5.41) is 2.98. The molecule has 0 atom stereocenters. The van der Waals surface area contributed by atoms with Gasteiger partial charge in [0.25, 0.3) is 5.91 Å². The van der Waals surface area contributed by atoms with E-state index in [9.17, 15) is 61.9 Å². The van der Waals surface area contributed by atoms with E-state index in [2.05, 4.69) is 26.0 Å². The summed E-state index contributed by atoms with van der Waals surface area (Å²) in [7, 11) is 0. The molecule has 3 aromatic carbocycles. The van der Waals surface area contributed by atoms with Crippen LogP contribution in [0, 0.1) is 0 Å². The average Bonchev–Trinajstić information content (AvgIpc) is 2.81. The number of anilines is 1. The van der Waals surface area contributed by atoms with Crippen LogP contribution in [0.2, 0.25) is 0 Å². The normalized spacial score (nSPS) is 13.9. The maximum Gasteiger partial charge on any atom is 0.527 e. The molecular formula is C23H11BrF13NO3. The van der Waals surface area contributed by atoms with Gasteiger partial charge in [0.1, 0.15) is 0 Å². The summed E-state index contributed by atoms with van der Waals surface area (Å²) >= 11 is 3.26. The number of carbonyl (C=O) groups is 1. The number of benzene rings is 3. The fourth-order valence-electron chi connectivity index (χ4n) is 3.30. The topological polar surface area (TPSA) is 47.6 Å². The number of fused-ring (bicyclic) bond motifs is 1. The molecule has 224 valence electrons. The number of hydrogen-bond donors (Lipinski definition) is 1. The lowest BCUT2D eigenvalue weighted by Crippen LogP contribution is -2.61. The van der Waals surface area contributed by atoms with E-state index in [0.29, 0.717) is 21.3 Å². The summed E-state index contributed by atoms with van der Waals surface area (Å²) in [5.74, 6) is -14.5. The van der Waals surface area contributed by atoms with Crippen molar-refractivity contribution in [3.05, 3.63) is 76.3 Å². The predicted octanol–water partition coefficient (Wildman–Crippen LogP) is 8.91. The predicted molar refractivity (Wildman–Crippen MR) is 118 cm³/mol. The lowest BCUT2D eigenvalue weighted by atomic mass is 10.0. The van der Waals surface area contributed by atoms with Crippen LogP contribution < -0.4 is 5.32 Å². The largest absolute Gasteiger partial charge is 0.527 e. The number of alkyl halides is 13. The molecule has 3 rings (SSSR count). The van der Waals surface area contributed by atoms with Crippen molar-refractivity contribution in [3.8, 4) is 0 Å². The molecule has 0 radical (unpaired) electrons. The van der Waals surface area contributed by atoms with Gasteiger partial charge in [0, 0.05) is 21.3 Å². The molecule has 0 aliphatic heterocycles. The summed E-state index contributed by atoms with van der Waals surface area (Å²) < 4.78 is 178. The average molecular weight is 676 g/mol. The molecule has 0 aromatic heterocycles. The van der Waals surface area contributed by atoms with E-state index in [4.69, 9.17) is 0 Å². The SMILES string of the molecule is O=C(Nc1cccc(C(F)(F)C(F)(F)OC(F)(F)C(F)(F)C(F)(F)OC(F)(F)F)c1)c1cccc2c(Br)cccc12. The van der Waals surface area contributed by atoms with Crippen molar-refractivity contribution in [1.29, 1.82) is 0 Å². The minimum atomic E-state index is -7.53. The molecule has 0 bridgehead atoms. The van der Waals surface area contributed by atoms with Crippen LogP contribution in [-0.2, 0) is 15.4 Å². The molecule has 0 unspecified atom stereocenters. The van der Waals surface area contributed by atoms with E-state index in [-0.39, 0.29) is 17.7 Å². The summed E-state index contributed by atoms with van der Waals surface area (Å²) in [6.07, 6.45) is -28.0. The Balaban J connectivity index is 1.89. The molecular weight excluding hydrogens is 665 g/mol. The van der Waals surface area contributed by atoms with E-state index in [1.165, 1.54) is 18.2 Å². The third kappa shape index (κ3) is 6.38. The fraction of sp³-hybridized carbons (Fsp3) is 0.261. The van der Waals surface area contributed by atoms with Crippen LogP contribution in [-0.4, -0.2) is 36.5 Å². The molecule has 3 aromatic rings. The van der Waals surface area contributed by atoms with Gasteiger partial charge in [-0.3, -0.25) is 4.79 Å².